The van der Waals surface area contributed by atoms with Crippen LogP contribution in [0.1, 0.15) is 25.5 Å². The Bertz CT molecular complexity index is 281. The lowest BCUT2D eigenvalue weighted by molar-refractivity contribution is 0.304. The molecule has 0 bridgehead atoms. The zero-order valence-electron chi connectivity index (χ0n) is 6.69. The van der Waals surface area contributed by atoms with E-state index in [1.54, 1.807) is 0 Å². The zero-order valence-corrected chi connectivity index (χ0v) is 6.69. The molecule has 0 aliphatic carbocycles. The maximum Gasteiger partial charge on any atom is 0.197 e. The highest BCUT2D eigenvalue weighted by atomic mass is 16.6. The van der Waals surface area contributed by atoms with Gasteiger partial charge in [-0.2, -0.15) is 0 Å². The lowest BCUT2D eigenvalue weighted by Crippen LogP contribution is -2.04. The third-order valence-corrected chi connectivity index (χ3v) is 1.39. The molecule has 1 heterocycles. The molecule has 0 aromatic carbocycles. The Morgan fingerprint density at radius 3 is 2.83 bits per heavy atom. The van der Waals surface area contributed by atoms with Crippen LogP contribution in [0.15, 0.2) is 9.78 Å². The number of hydrogen-bond donors (Lipinski definition) is 2. The van der Waals surface area contributed by atoms with Crippen molar-refractivity contribution in [2.24, 2.45) is 5.16 Å². The smallest absolute Gasteiger partial charge is 0.197 e. The van der Waals surface area contributed by atoms with Gasteiger partial charge in [-0.05, 0) is 16.7 Å². The standard InChI is InChI=1S/C6H10N4O2/c1-2-3-4(8-11)5-6(7)10-12-9-5/h11H,2-3H2,1H3,(H2,7,10)/b8-4+. The van der Waals surface area contributed by atoms with Crippen LogP contribution >= 0.6 is 0 Å². The molecule has 0 fully saturated rings. The molecular formula is C6H10N4O2. The zero-order chi connectivity index (χ0) is 8.97. The van der Waals surface area contributed by atoms with Crippen molar-refractivity contribution < 1.29 is 9.84 Å². The minimum Gasteiger partial charge on any atom is -0.411 e. The average Bonchev–Trinajstić information content (AvgIpc) is 2.47. The fourth-order valence-corrected chi connectivity index (χ4v) is 0.848. The van der Waals surface area contributed by atoms with Gasteiger partial charge >= 0.3 is 0 Å². The molecule has 0 radical (unpaired) electrons. The summed E-state index contributed by atoms with van der Waals surface area (Å²) in [7, 11) is 0. The first-order valence-corrected chi connectivity index (χ1v) is 3.59. The van der Waals surface area contributed by atoms with E-state index in [1.807, 2.05) is 6.92 Å². The molecule has 66 valence electrons. The Morgan fingerprint density at radius 2 is 2.42 bits per heavy atom. The van der Waals surface area contributed by atoms with Gasteiger partial charge in [-0.15, -0.1) is 0 Å². The van der Waals surface area contributed by atoms with Gasteiger partial charge in [0.05, 0.1) is 0 Å². The van der Waals surface area contributed by atoms with Crippen LogP contribution in [-0.4, -0.2) is 21.2 Å². The van der Waals surface area contributed by atoms with Gasteiger partial charge in [-0.1, -0.05) is 18.5 Å². The summed E-state index contributed by atoms with van der Waals surface area (Å²) in [6.07, 6.45) is 1.43. The summed E-state index contributed by atoms with van der Waals surface area (Å²) in [5.74, 6) is 0.149. The first-order valence-electron chi connectivity index (χ1n) is 3.59. The monoisotopic (exact) mass is 170 g/mol. The molecule has 6 heteroatoms. The lowest BCUT2D eigenvalue weighted by atomic mass is 10.2. The number of anilines is 1. The number of nitrogens with two attached hydrogens (primary N) is 1. The molecule has 0 amide bonds. The first kappa shape index (κ1) is 8.51. The molecule has 0 atom stereocenters. The van der Waals surface area contributed by atoms with Crippen molar-refractivity contribution in [2.45, 2.75) is 19.8 Å². The first-order chi connectivity index (χ1) is 5.79. The number of aromatic nitrogens is 2. The second-order valence-corrected chi connectivity index (χ2v) is 2.29. The Hall–Kier alpha value is -1.59. The van der Waals surface area contributed by atoms with Gasteiger partial charge < -0.3 is 10.9 Å². The molecular weight excluding hydrogens is 160 g/mol. The van der Waals surface area contributed by atoms with Crippen LogP contribution in [0, 0.1) is 0 Å². The van der Waals surface area contributed by atoms with Gasteiger partial charge in [-0.3, -0.25) is 0 Å². The number of nitrogen functional groups attached to an aromatic ring is 1. The highest BCUT2D eigenvalue weighted by molar-refractivity contribution is 6.01. The van der Waals surface area contributed by atoms with Crippen molar-refractivity contribution in [1.29, 1.82) is 0 Å². The highest BCUT2D eigenvalue weighted by Crippen LogP contribution is 2.09. The molecule has 1 aromatic rings. The molecule has 12 heavy (non-hydrogen) atoms. The highest BCUT2D eigenvalue weighted by Gasteiger charge is 2.13. The van der Waals surface area contributed by atoms with E-state index in [0.717, 1.165) is 6.42 Å². The minimum absolute atomic E-state index is 0.149. The molecule has 0 saturated heterocycles. The fraction of sp³-hybridized carbons (Fsp3) is 0.500. The summed E-state index contributed by atoms with van der Waals surface area (Å²) in [4.78, 5) is 0. The van der Waals surface area contributed by atoms with Crippen molar-refractivity contribution in [3.05, 3.63) is 5.69 Å². The Balaban J connectivity index is 2.88. The third kappa shape index (κ3) is 1.52. The number of oxime groups is 1. The van der Waals surface area contributed by atoms with Gasteiger partial charge in [0.25, 0.3) is 0 Å². The van der Waals surface area contributed by atoms with Crippen molar-refractivity contribution in [3.63, 3.8) is 0 Å². The molecule has 6 nitrogen and oxygen atoms in total. The van der Waals surface area contributed by atoms with Gasteiger partial charge in [0.15, 0.2) is 11.5 Å². The molecule has 0 saturated carbocycles. The second kappa shape index (κ2) is 3.70. The summed E-state index contributed by atoms with van der Waals surface area (Å²) in [6.45, 7) is 1.95. The number of rotatable bonds is 3. The van der Waals surface area contributed by atoms with Crippen molar-refractivity contribution in [3.8, 4) is 0 Å². The van der Waals surface area contributed by atoms with E-state index in [0.29, 0.717) is 17.8 Å². The molecule has 1 aromatic heterocycles. The van der Waals surface area contributed by atoms with Crippen LogP contribution in [-0.2, 0) is 0 Å². The predicted octanol–water partition coefficient (Wildman–Crippen LogP) is 0.630. The van der Waals surface area contributed by atoms with E-state index in [2.05, 4.69) is 20.1 Å². The third-order valence-electron chi connectivity index (χ3n) is 1.39. The van der Waals surface area contributed by atoms with Gasteiger partial charge in [0.2, 0.25) is 0 Å². The molecule has 0 aliphatic rings. The van der Waals surface area contributed by atoms with Crippen LogP contribution in [0.5, 0.6) is 0 Å². The Labute approximate surface area is 69.0 Å². The number of nitrogens with zero attached hydrogens (tertiary/aromatic N) is 3. The molecule has 0 spiro atoms. The molecule has 0 aliphatic heterocycles. The van der Waals surface area contributed by atoms with Crippen LogP contribution in [0.2, 0.25) is 0 Å². The average molecular weight is 170 g/mol. The normalized spacial score (nSPS) is 11.9. The summed E-state index contributed by atoms with van der Waals surface area (Å²) in [6, 6.07) is 0. The van der Waals surface area contributed by atoms with Gasteiger partial charge in [-0.25, -0.2) is 4.63 Å². The van der Waals surface area contributed by atoms with E-state index in [1.165, 1.54) is 0 Å². The van der Waals surface area contributed by atoms with Crippen LogP contribution in [0.3, 0.4) is 0 Å². The van der Waals surface area contributed by atoms with Crippen LogP contribution in [0.4, 0.5) is 5.82 Å². The minimum atomic E-state index is 0.149. The van der Waals surface area contributed by atoms with Crippen LogP contribution < -0.4 is 5.73 Å². The van der Waals surface area contributed by atoms with E-state index in [-0.39, 0.29) is 5.82 Å². The quantitative estimate of drug-likeness (QED) is 0.394. The van der Waals surface area contributed by atoms with Crippen molar-refractivity contribution in [2.75, 3.05) is 5.73 Å². The predicted molar refractivity (Wildman–Crippen MR) is 41.9 cm³/mol. The summed E-state index contributed by atoms with van der Waals surface area (Å²) in [5.41, 5.74) is 6.11. The summed E-state index contributed by atoms with van der Waals surface area (Å²) >= 11 is 0. The lowest BCUT2D eigenvalue weighted by Gasteiger charge is -1.95. The van der Waals surface area contributed by atoms with Crippen molar-refractivity contribution >= 4 is 11.5 Å². The fourth-order valence-electron chi connectivity index (χ4n) is 0.848. The largest absolute Gasteiger partial charge is 0.411 e. The maximum absolute atomic E-state index is 8.58. The Morgan fingerprint density at radius 1 is 1.67 bits per heavy atom. The number of hydrogen-bond acceptors (Lipinski definition) is 6. The van der Waals surface area contributed by atoms with E-state index in [4.69, 9.17) is 10.9 Å². The van der Waals surface area contributed by atoms with E-state index >= 15 is 0 Å². The Kier molecular flexibility index (Phi) is 2.62. The molecule has 3 N–H and O–H groups in total. The van der Waals surface area contributed by atoms with E-state index in [9.17, 15) is 0 Å². The SMILES string of the molecule is CCC/C(=N\O)c1nonc1N. The topological polar surface area (TPSA) is 97.5 Å². The van der Waals surface area contributed by atoms with Crippen LogP contribution in [0.25, 0.3) is 0 Å². The molecule has 0 unspecified atom stereocenters. The van der Waals surface area contributed by atoms with Crippen molar-refractivity contribution in [1.82, 2.24) is 10.3 Å². The summed E-state index contributed by atoms with van der Waals surface area (Å²) < 4.78 is 4.36. The summed E-state index contributed by atoms with van der Waals surface area (Å²) in [5, 5.41) is 18.5. The molecule has 1 rings (SSSR count). The van der Waals surface area contributed by atoms with Gasteiger partial charge in [0, 0.05) is 0 Å². The van der Waals surface area contributed by atoms with E-state index < -0.39 is 0 Å². The van der Waals surface area contributed by atoms with Gasteiger partial charge in [0.1, 0.15) is 5.71 Å². The second-order valence-electron chi connectivity index (χ2n) is 2.29. The maximum atomic E-state index is 8.58.